The van der Waals surface area contributed by atoms with Crippen LogP contribution in [0.2, 0.25) is 0 Å². The summed E-state index contributed by atoms with van der Waals surface area (Å²) < 4.78 is 40.5. The van der Waals surface area contributed by atoms with Crippen LogP contribution >= 0.6 is 0 Å². The first-order valence-corrected chi connectivity index (χ1v) is 10.8. The van der Waals surface area contributed by atoms with E-state index in [0.717, 1.165) is 6.42 Å². The summed E-state index contributed by atoms with van der Waals surface area (Å²) in [5.41, 5.74) is 1.07. The smallest absolute Gasteiger partial charge is 0.243 e. The van der Waals surface area contributed by atoms with Crippen LogP contribution in [0.4, 0.5) is 10.1 Å². The van der Waals surface area contributed by atoms with E-state index in [1.807, 2.05) is 0 Å². The molecule has 1 amide bonds. The lowest BCUT2D eigenvalue weighted by Gasteiger charge is -2.34. The summed E-state index contributed by atoms with van der Waals surface area (Å²) in [6.07, 6.45) is 1.07. The molecule has 2 atom stereocenters. The van der Waals surface area contributed by atoms with Crippen molar-refractivity contribution in [3.8, 4) is 0 Å². The molecular weight excluding hydrogens is 379 g/mol. The Bertz CT molecular complexity index is 934. The Kier molecular flexibility index (Phi) is 6.15. The molecule has 0 unspecified atom stereocenters. The van der Waals surface area contributed by atoms with Gasteiger partial charge in [-0.25, -0.2) is 12.8 Å². The molecule has 3 rings (SSSR count). The number of nitrogens with zero attached hydrogens (tertiary/aromatic N) is 1. The molecule has 0 bridgehead atoms. The number of amides is 1. The predicted molar refractivity (Wildman–Crippen MR) is 107 cm³/mol. The number of piperidine rings is 1. The second-order valence-electron chi connectivity index (χ2n) is 7.65. The molecule has 0 saturated carbocycles. The largest absolute Gasteiger partial charge is 0.326 e. The normalized spacial score (nSPS) is 20.7. The Labute approximate surface area is 165 Å². The molecule has 1 heterocycles. The Hall–Kier alpha value is -2.25. The summed E-state index contributed by atoms with van der Waals surface area (Å²) in [6.45, 7) is 5.18. The monoisotopic (exact) mass is 404 g/mol. The predicted octanol–water partition coefficient (Wildman–Crippen LogP) is 3.67. The Balaban J connectivity index is 1.66. The van der Waals surface area contributed by atoms with Crippen molar-refractivity contribution < 1.29 is 17.6 Å². The number of carbonyl (C=O) groups is 1. The Morgan fingerprint density at radius 1 is 1.11 bits per heavy atom. The minimum Gasteiger partial charge on any atom is -0.326 e. The van der Waals surface area contributed by atoms with Crippen molar-refractivity contribution in [2.45, 2.75) is 31.6 Å². The number of nitrogens with one attached hydrogen (secondary N) is 1. The highest BCUT2D eigenvalue weighted by Crippen LogP contribution is 2.27. The van der Waals surface area contributed by atoms with Gasteiger partial charge in [-0.2, -0.15) is 4.31 Å². The van der Waals surface area contributed by atoms with Crippen LogP contribution in [0.15, 0.2) is 53.4 Å². The molecule has 1 aliphatic heterocycles. The topological polar surface area (TPSA) is 66.5 Å². The molecule has 1 saturated heterocycles. The van der Waals surface area contributed by atoms with Gasteiger partial charge in [-0.05, 0) is 60.2 Å². The Morgan fingerprint density at radius 3 is 2.36 bits per heavy atom. The number of anilines is 1. The lowest BCUT2D eigenvalue weighted by molar-refractivity contribution is -0.115. The SMILES string of the molecule is C[C@H]1C[C@H](C)CN(S(=O)(=O)c2ccc(NC(=O)Cc3cccc(F)c3)cc2)C1. The minimum absolute atomic E-state index is 0.0430. The number of rotatable bonds is 5. The molecule has 1 aliphatic rings. The van der Waals surface area contributed by atoms with E-state index in [2.05, 4.69) is 19.2 Å². The Morgan fingerprint density at radius 2 is 1.75 bits per heavy atom. The highest BCUT2D eigenvalue weighted by atomic mass is 32.2. The molecule has 7 heteroatoms. The van der Waals surface area contributed by atoms with Crippen molar-refractivity contribution in [3.63, 3.8) is 0 Å². The number of halogens is 1. The van der Waals surface area contributed by atoms with Gasteiger partial charge in [0.1, 0.15) is 5.82 Å². The van der Waals surface area contributed by atoms with Crippen LogP contribution in [0.1, 0.15) is 25.8 Å². The fraction of sp³-hybridized carbons (Fsp3) is 0.381. The van der Waals surface area contributed by atoms with Gasteiger partial charge >= 0.3 is 0 Å². The molecule has 28 heavy (non-hydrogen) atoms. The number of sulfonamides is 1. The third kappa shape index (κ3) is 4.97. The van der Waals surface area contributed by atoms with Crippen molar-refractivity contribution in [1.82, 2.24) is 4.31 Å². The van der Waals surface area contributed by atoms with Gasteiger partial charge in [0.15, 0.2) is 0 Å². The van der Waals surface area contributed by atoms with Crippen LogP contribution in [0, 0.1) is 17.7 Å². The first kappa shape index (κ1) is 20.5. The zero-order valence-corrected chi connectivity index (χ0v) is 16.9. The molecule has 1 N–H and O–H groups in total. The van der Waals surface area contributed by atoms with E-state index in [9.17, 15) is 17.6 Å². The van der Waals surface area contributed by atoms with Gasteiger partial charge in [0.25, 0.3) is 0 Å². The summed E-state index contributed by atoms with van der Waals surface area (Å²) in [5.74, 6) is -0.0130. The average molecular weight is 405 g/mol. The van der Waals surface area contributed by atoms with Gasteiger partial charge < -0.3 is 5.32 Å². The zero-order valence-electron chi connectivity index (χ0n) is 16.1. The molecule has 0 aliphatic carbocycles. The van der Waals surface area contributed by atoms with Crippen LogP contribution in [-0.2, 0) is 21.2 Å². The van der Waals surface area contributed by atoms with Crippen molar-refractivity contribution in [2.75, 3.05) is 18.4 Å². The number of carbonyl (C=O) groups excluding carboxylic acids is 1. The summed E-state index contributed by atoms with van der Waals surface area (Å²) in [6, 6.07) is 12.0. The van der Waals surface area contributed by atoms with Crippen LogP contribution < -0.4 is 5.32 Å². The van der Waals surface area contributed by atoms with Gasteiger partial charge in [0.05, 0.1) is 11.3 Å². The van der Waals surface area contributed by atoms with E-state index in [4.69, 9.17) is 0 Å². The quantitative estimate of drug-likeness (QED) is 0.827. The van der Waals surface area contributed by atoms with Gasteiger partial charge in [0.2, 0.25) is 15.9 Å². The van der Waals surface area contributed by atoms with Gasteiger partial charge in [-0.1, -0.05) is 26.0 Å². The third-order valence-corrected chi connectivity index (χ3v) is 6.71. The number of benzene rings is 2. The van der Waals surface area contributed by atoms with E-state index >= 15 is 0 Å². The van der Waals surface area contributed by atoms with Crippen LogP contribution in [0.5, 0.6) is 0 Å². The van der Waals surface area contributed by atoms with Crippen molar-refractivity contribution in [1.29, 1.82) is 0 Å². The summed E-state index contributed by atoms with van der Waals surface area (Å²) in [5, 5.41) is 2.71. The summed E-state index contributed by atoms with van der Waals surface area (Å²) in [7, 11) is -3.55. The fourth-order valence-electron chi connectivity index (χ4n) is 3.70. The highest BCUT2D eigenvalue weighted by molar-refractivity contribution is 7.89. The second kappa shape index (κ2) is 8.41. The molecular formula is C21H25FN2O3S. The molecule has 150 valence electrons. The second-order valence-corrected chi connectivity index (χ2v) is 9.59. The molecule has 2 aromatic rings. The van der Waals surface area contributed by atoms with Gasteiger partial charge in [0, 0.05) is 18.8 Å². The zero-order chi connectivity index (χ0) is 20.3. The van der Waals surface area contributed by atoms with Crippen LogP contribution in [0.3, 0.4) is 0 Å². The van der Waals surface area contributed by atoms with E-state index in [1.54, 1.807) is 28.6 Å². The molecule has 2 aromatic carbocycles. The van der Waals surface area contributed by atoms with E-state index in [0.29, 0.717) is 36.2 Å². The van der Waals surface area contributed by atoms with Crippen molar-refractivity contribution >= 4 is 21.6 Å². The summed E-state index contributed by atoms with van der Waals surface area (Å²) >= 11 is 0. The minimum atomic E-state index is -3.55. The van der Waals surface area contributed by atoms with E-state index in [1.165, 1.54) is 24.3 Å². The molecule has 5 nitrogen and oxygen atoms in total. The van der Waals surface area contributed by atoms with E-state index < -0.39 is 10.0 Å². The molecule has 0 aromatic heterocycles. The maximum absolute atomic E-state index is 13.2. The third-order valence-electron chi connectivity index (χ3n) is 4.86. The van der Waals surface area contributed by atoms with Gasteiger partial charge in [-0.3, -0.25) is 4.79 Å². The first-order chi connectivity index (χ1) is 13.2. The maximum Gasteiger partial charge on any atom is 0.243 e. The lowest BCUT2D eigenvalue weighted by atomic mass is 9.94. The molecule has 1 fully saturated rings. The van der Waals surface area contributed by atoms with Crippen molar-refractivity contribution in [3.05, 3.63) is 59.9 Å². The fourth-order valence-corrected chi connectivity index (χ4v) is 5.38. The maximum atomic E-state index is 13.2. The molecule has 0 spiro atoms. The first-order valence-electron chi connectivity index (χ1n) is 9.38. The number of hydrogen-bond donors (Lipinski definition) is 1. The highest BCUT2D eigenvalue weighted by Gasteiger charge is 2.31. The van der Waals surface area contributed by atoms with Crippen molar-refractivity contribution in [2.24, 2.45) is 11.8 Å². The van der Waals surface area contributed by atoms with Crippen LogP contribution in [0.25, 0.3) is 0 Å². The number of hydrogen-bond acceptors (Lipinski definition) is 3. The lowest BCUT2D eigenvalue weighted by Crippen LogP contribution is -2.42. The summed E-state index contributed by atoms with van der Waals surface area (Å²) in [4.78, 5) is 12.4. The standard InChI is InChI=1S/C21H25FN2O3S/c1-15-10-16(2)14-24(13-15)28(26,27)20-8-6-19(7-9-20)23-21(25)12-17-4-3-5-18(22)11-17/h3-9,11,15-16H,10,12-14H2,1-2H3,(H,23,25)/t15-,16-/m0/s1. The van der Waals surface area contributed by atoms with Gasteiger partial charge in [-0.15, -0.1) is 0 Å². The average Bonchev–Trinajstić information content (AvgIpc) is 2.61. The van der Waals surface area contributed by atoms with E-state index in [-0.39, 0.29) is 23.0 Å². The van der Waals surface area contributed by atoms with Crippen LogP contribution in [-0.4, -0.2) is 31.7 Å². The molecule has 0 radical (unpaired) electrons.